The van der Waals surface area contributed by atoms with Crippen LogP contribution in [0.5, 0.6) is 0 Å². The average molecular weight is 304 g/mol. The molecule has 1 N–H and O–H groups in total. The van der Waals surface area contributed by atoms with Crippen molar-refractivity contribution in [1.29, 1.82) is 0 Å². The van der Waals surface area contributed by atoms with Crippen molar-refractivity contribution in [1.82, 2.24) is 9.97 Å². The van der Waals surface area contributed by atoms with Crippen LogP contribution in [0.25, 0.3) is 33.4 Å². The Morgan fingerprint density at radius 2 is 1.78 bits per heavy atom. The fourth-order valence-electron chi connectivity index (χ4n) is 2.81. The van der Waals surface area contributed by atoms with Gasteiger partial charge in [0.25, 0.3) is 0 Å². The van der Waals surface area contributed by atoms with Crippen LogP contribution in [0.15, 0.2) is 45.6 Å². The summed E-state index contributed by atoms with van der Waals surface area (Å²) in [5, 5.41) is 0.896. The normalized spacial score (nSPS) is 11.4. The second-order valence-electron chi connectivity index (χ2n) is 6.03. The minimum atomic E-state index is -0.381. The Kier molecular flexibility index (Phi) is 2.88. The summed E-state index contributed by atoms with van der Waals surface area (Å²) in [5.41, 5.74) is 5.92. The van der Waals surface area contributed by atoms with Crippen molar-refractivity contribution in [2.45, 2.75) is 20.8 Å². The molecule has 0 aliphatic heterocycles. The largest absolute Gasteiger partial charge is 0.422 e. The van der Waals surface area contributed by atoms with Gasteiger partial charge in [0, 0.05) is 5.39 Å². The number of nitrogens with zero attached hydrogens (tertiary/aromatic N) is 1. The van der Waals surface area contributed by atoms with Crippen LogP contribution in [0.2, 0.25) is 0 Å². The highest BCUT2D eigenvalue weighted by Gasteiger charge is 2.13. The lowest BCUT2D eigenvalue weighted by molar-refractivity contribution is 0.563. The minimum Gasteiger partial charge on any atom is -0.422 e. The van der Waals surface area contributed by atoms with Crippen molar-refractivity contribution >= 4 is 22.0 Å². The molecule has 4 aromatic rings. The molecule has 4 nitrogen and oxygen atoms in total. The number of hydrogen-bond donors (Lipinski definition) is 1. The Labute approximate surface area is 132 Å². The maximum Gasteiger partial charge on any atom is 0.347 e. The van der Waals surface area contributed by atoms with Crippen LogP contribution in [0.1, 0.15) is 16.7 Å². The summed E-state index contributed by atoms with van der Waals surface area (Å²) in [5.74, 6) is 0.544. The number of imidazole rings is 1. The van der Waals surface area contributed by atoms with Crippen molar-refractivity contribution in [3.63, 3.8) is 0 Å². The maximum absolute atomic E-state index is 12.3. The zero-order chi connectivity index (χ0) is 16.1. The summed E-state index contributed by atoms with van der Waals surface area (Å²) in [7, 11) is 0. The van der Waals surface area contributed by atoms with Crippen molar-refractivity contribution < 1.29 is 4.42 Å². The van der Waals surface area contributed by atoms with Crippen LogP contribution in [0.4, 0.5) is 0 Å². The zero-order valence-electron chi connectivity index (χ0n) is 13.2. The summed E-state index contributed by atoms with van der Waals surface area (Å²) in [4.78, 5) is 20.1. The molecule has 0 atom stereocenters. The quantitative estimate of drug-likeness (QED) is 0.534. The molecule has 0 spiro atoms. The van der Waals surface area contributed by atoms with Gasteiger partial charge in [0.05, 0.1) is 11.0 Å². The highest BCUT2D eigenvalue weighted by atomic mass is 16.4. The van der Waals surface area contributed by atoms with Crippen LogP contribution in [-0.4, -0.2) is 9.97 Å². The van der Waals surface area contributed by atoms with Crippen molar-refractivity contribution in [2.24, 2.45) is 0 Å². The molecule has 0 saturated carbocycles. The lowest BCUT2D eigenvalue weighted by Crippen LogP contribution is -2.03. The zero-order valence-corrected chi connectivity index (χ0v) is 13.2. The Balaban J connectivity index is 1.97. The number of aromatic nitrogens is 2. The van der Waals surface area contributed by atoms with Crippen molar-refractivity contribution in [3.8, 4) is 11.4 Å². The third-order valence-electron chi connectivity index (χ3n) is 4.24. The number of rotatable bonds is 1. The van der Waals surface area contributed by atoms with E-state index in [0.717, 1.165) is 22.0 Å². The van der Waals surface area contributed by atoms with Gasteiger partial charge >= 0.3 is 5.63 Å². The first kappa shape index (κ1) is 13.8. The molecule has 0 unspecified atom stereocenters. The number of aryl methyl sites for hydroxylation is 3. The minimum absolute atomic E-state index is 0.381. The molecule has 0 radical (unpaired) electrons. The number of aromatic amines is 1. The van der Waals surface area contributed by atoms with Gasteiger partial charge in [-0.25, -0.2) is 9.78 Å². The van der Waals surface area contributed by atoms with E-state index in [9.17, 15) is 4.79 Å². The fourth-order valence-corrected chi connectivity index (χ4v) is 2.81. The van der Waals surface area contributed by atoms with Gasteiger partial charge in [-0.2, -0.15) is 0 Å². The van der Waals surface area contributed by atoms with Crippen molar-refractivity contribution in [2.75, 3.05) is 0 Å². The predicted octanol–water partition coefficient (Wildman–Crippen LogP) is 4.26. The summed E-state index contributed by atoms with van der Waals surface area (Å²) in [6, 6.07) is 11.7. The molecule has 0 saturated heterocycles. The summed E-state index contributed by atoms with van der Waals surface area (Å²) < 4.78 is 5.43. The van der Waals surface area contributed by atoms with Gasteiger partial charge < -0.3 is 9.40 Å². The van der Waals surface area contributed by atoms with Crippen LogP contribution < -0.4 is 5.63 Å². The molecular weight excluding hydrogens is 288 g/mol. The van der Waals surface area contributed by atoms with Crippen molar-refractivity contribution in [3.05, 3.63) is 63.5 Å². The molecule has 0 amide bonds. The number of fused-ring (bicyclic) bond motifs is 2. The van der Waals surface area contributed by atoms with Crippen LogP contribution in [-0.2, 0) is 0 Å². The number of benzene rings is 2. The van der Waals surface area contributed by atoms with Crippen LogP contribution in [0.3, 0.4) is 0 Å². The van der Waals surface area contributed by atoms with Gasteiger partial charge in [-0.05, 0) is 62.2 Å². The second-order valence-corrected chi connectivity index (χ2v) is 6.03. The topological polar surface area (TPSA) is 58.9 Å². The summed E-state index contributed by atoms with van der Waals surface area (Å²) in [6.45, 7) is 6.12. The first-order valence-corrected chi connectivity index (χ1v) is 7.53. The highest BCUT2D eigenvalue weighted by molar-refractivity contribution is 5.84. The Bertz CT molecular complexity index is 1080. The number of nitrogens with one attached hydrogen (secondary N) is 1. The van der Waals surface area contributed by atoms with E-state index in [0.29, 0.717) is 17.0 Å². The lowest BCUT2D eigenvalue weighted by atomic mass is 10.1. The third-order valence-corrected chi connectivity index (χ3v) is 4.24. The SMILES string of the molecule is Cc1ccc2oc(=O)c(-c3nc4cc(C)c(C)cc4[nH]3)cc2c1. The van der Waals surface area contributed by atoms with Gasteiger partial charge in [-0.1, -0.05) is 11.6 Å². The van der Waals surface area contributed by atoms with Gasteiger partial charge in [0.2, 0.25) is 0 Å². The highest BCUT2D eigenvalue weighted by Crippen LogP contribution is 2.24. The Morgan fingerprint density at radius 1 is 1.00 bits per heavy atom. The first-order chi connectivity index (χ1) is 11.0. The van der Waals surface area contributed by atoms with Crippen LogP contribution in [0, 0.1) is 20.8 Å². The molecule has 2 aromatic heterocycles. The lowest BCUT2D eigenvalue weighted by Gasteiger charge is -2.00. The molecule has 2 heterocycles. The Morgan fingerprint density at radius 3 is 2.61 bits per heavy atom. The number of H-pyrrole nitrogens is 1. The molecule has 4 heteroatoms. The molecular formula is C19H16N2O2. The standard InChI is InChI=1S/C19H16N2O2/c1-10-4-5-17-13(6-10)9-14(19(22)23-17)18-20-15-7-11(2)12(3)8-16(15)21-18/h4-9H,1-3H3,(H,20,21). The average Bonchev–Trinajstić information content (AvgIpc) is 2.90. The number of hydrogen-bond acceptors (Lipinski definition) is 3. The van der Waals surface area contributed by atoms with E-state index in [2.05, 4.69) is 23.8 Å². The van der Waals surface area contributed by atoms with Gasteiger partial charge in [0.15, 0.2) is 0 Å². The molecule has 0 aliphatic rings. The predicted molar refractivity (Wildman–Crippen MR) is 91.8 cm³/mol. The Hall–Kier alpha value is -2.88. The fraction of sp³-hybridized carbons (Fsp3) is 0.158. The molecule has 23 heavy (non-hydrogen) atoms. The van der Waals surface area contributed by atoms with E-state index in [4.69, 9.17) is 4.42 Å². The first-order valence-electron chi connectivity index (χ1n) is 7.53. The molecule has 0 aliphatic carbocycles. The molecule has 0 bridgehead atoms. The smallest absolute Gasteiger partial charge is 0.347 e. The molecule has 4 rings (SSSR count). The van der Waals surface area contributed by atoms with E-state index in [1.54, 1.807) is 0 Å². The summed E-state index contributed by atoms with van der Waals surface area (Å²) in [6.07, 6.45) is 0. The van der Waals surface area contributed by atoms with E-state index in [1.807, 2.05) is 43.3 Å². The molecule has 2 aromatic carbocycles. The monoisotopic (exact) mass is 304 g/mol. The van der Waals surface area contributed by atoms with E-state index in [1.165, 1.54) is 11.1 Å². The van der Waals surface area contributed by atoms with Gasteiger partial charge in [-0.3, -0.25) is 0 Å². The van der Waals surface area contributed by atoms with E-state index >= 15 is 0 Å². The van der Waals surface area contributed by atoms with E-state index in [-0.39, 0.29) is 5.63 Å². The van der Waals surface area contributed by atoms with E-state index < -0.39 is 0 Å². The second kappa shape index (κ2) is 4.81. The maximum atomic E-state index is 12.3. The van der Waals surface area contributed by atoms with Gasteiger partial charge in [-0.15, -0.1) is 0 Å². The summed E-state index contributed by atoms with van der Waals surface area (Å²) >= 11 is 0. The molecule has 0 fully saturated rings. The van der Waals surface area contributed by atoms with Crippen LogP contribution >= 0.6 is 0 Å². The molecule has 114 valence electrons. The third kappa shape index (κ3) is 2.23. The van der Waals surface area contributed by atoms with Gasteiger partial charge in [0.1, 0.15) is 17.0 Å².